The van der Waals surface area contributed by atoms with Gasteiger partial charge >= 0.3 is 7.80 Å². The molecule has 0 aliphatic carbocycles. The number of benzene rings is 2. The molecule has 0 fully saturated rings. The minimum atomic E-state index is -1.76. The first-order chi connectivity index (χ1) is 10.8. The van der Waals surface area contributed by atoms with E-state index in [0.717, 1.165) is 0 Å². The van der Waals surface area contributed by atoms with Gasteiger partial charge in [-0.25, -0.2) is 0 Å². The molecule has 0 amide bonds. The third-order valence-electron chi connectivity index (χ3n) is 3.29. The number of ether oxygens (including phenoxy) is 1. The fourth-order valence-electron chi connectivity index (χ4n) is 2.29. The molecule has 0 aliphatic heterocycles. The largest absolute Gasteiger partial charge is 0.496 e. The predicted octanol–water partition coefficient (Wildman–Crippen LogP) is 4.40. The summed E-state index contributed by atoms with van der Waals surface area (Å²) in [7, 11) is -0.242. The number of rotatable bonds is 6. The van der Waals surface area contributed by atoms with Gasteiger partial charge < -0.3 is 4.74 Å². The summed E-state index contributed by atoms with van der Waals surface area (Å²) in [4.78, 5) is 12.3. The molecule has 0 aromatic heterocycles. The summed E-state index contributed by atoms with van der Waals surface area (Å²) in [6.07, 6.45) is 0.306. The van der Waals surface area contributed by atoms with Crippen LogP contribution in [0, 0.1) is 0 Å². The topological polar surface area (TPSA) is 43.4 Å². The number of ketones is 1. The summed E-state index contributed by atoms with van der Waals surface area (Å²) >= 11 is 6.19. The van der Waals surface area contributed by atoms with E-state index < -0.39 is 12.7 Å². The van der Waals surface area contributed by atoms with Gasteiger partial charge in [0, 0.05) is 0 Å². The molecule has 0 saturated heterocycles. The Bertz CT molecular complexity index is 735. The van der Waals surface area contributed by atoms with Crippen molar-refractivity contribution in [2.24, 2.45) is 0 Å². The fourth-order valence-corrected chi connectivity index (χ4v) is 4.16. The molecule has 0 bridgehead atoms. The highest BCUT2D eigenvalue weighted by molar-refractivity contribution is 7.53. The van der Waals surface area contributed by atoms with Crippen molar-refractivity contribution in [1.29, 1.82) is 0 Å². The Kier molecular flexibility index (Phi) is 5.56. The van der Waals surface area contributed by atoms with Crippen LogP contribution in [0.3, 0.4) is 0 Å². The van der Waals surface area contributed by atoms with Gasteiger partial charge in [-0.1, -0.05) is 28.8 Å². The van der Waals surface area contributed by atoms with Gasteiger partial charge in [0.1, 0.15) is 5.75 Å². The summed E-state index contributed by atoms with van der Waals surface area (Å²) in [5.74, 6) is 0.300. The Hall–Kier alpha value is -1.70. The molecule has 23 heavy (non-hydrogen) atoms. The molecule has 0 aliphatic rings. The quantitative estimate of drug-likeness (QED) is 0.441. The molecule has 2 aromatic carbocycles. The van der Waals surface area contributed by atoms with Crippen molar-refractivity contribution in [1.82, 2.24) is 0 Å². The van der Waals surface area contributed by atoms with E-state index >= 15 is 0 Å². The van der Waals surface area contributed by atoms with Gasteiger partial charge in [-0.3, -0.25) is 4.79 Å². The minimum absolute atomic E-state index is 0.200. The zero-order valence-corrected chi connectivity index (χ0v) is 15.0. The maximum absolute atomic E-state index is 12.9. The normalized spacial score (nSPS) is 11.9. The summed E-state index contributed by atoms with van der Waals surface area (Å²) < 4.78 is 17.9. The standard InChI is InChI=1S/C18H19ClO3P/c1-18(2,19)12-23(21)16-11-7-5-9-14(16)17(20)13-8-4-6-10-15(13)22-3/h4-11H,12H2,1-3H3/q+1. The zero-order chi connectivity index (χ0) is 17.0. The predicted molar refractivity (Wildman–Crippen MR) is 94.9 cm³/mol. The SMILES string of the molecule is COc1ccccc1C(=O)c1ccccc1[P+](=O)CC(C)(C)Cl. The minimum Gasteiger partial charge on any atom is -0.496 e. The van der Waals surface area contributed by atoms with E-state index in [9.17, 15) is 9.36 Å². The first-order valence-corrected chi connectivity index (χ1v) is 9.06. The van der Waals surface area contributed by atoms with Crippen LogP contribution in [0.15, 0.2) is 48.5 Å². The van der Waals surface area contributed by atoms with E-state index in [2.05, 4.69) is 0 Å². The van der Waals surface area contributed by atoms with Crippen molar-refractivity contribution in [3.63, 3.8) is 0 Å². The molecule has 0 saturated carbocycles. The molecule has 0 radical (unpaired) electrons. The van der Waals surface area contributed by atoms with Crippen molar-refractivity contribution < 1.29 is 14.1 Å². The van der Waals surface area contributed by atoms with E-state index in [4.69, 9.17) is 16.3 Å². The molecule has 0 N–H and O–H groups in total. The third kappa shape index (κ3) is 4.40. The van der Waals surface area contributed by atoms with Crippen molar-refractivity contribution in [3.8, 4) is 5.75 Å². The Morgan fingerprint density at radius 2 is 1.65 bits per heavy atom. The molecule has 5 heteroatoms. The van der Waals surface area contributed by atoms with Gasteiger partial charge in [0.15, 0.2) is 6.16 Å². The Balaban J connectivity index is 2.44. The third-order valence-corrected chi connectivity index (χ3v) is 5.61. The summed E-state index contributed by atoms with van der Waals surface area (Å²) in [6, 6.07) is 14.0. The number of alkyl halides is 1. The van der Waals surface area contributed by atoms with Crippen LogP contribution in [0.5, 0.6) is 5.75 Å². The number of halogens is 1. The molecular formula is C18H19ClO3P+. The van der Waals surface area contributed by atoms with Crippen LogP contribution >= 0.6 is 19.4 Å². The zero-order valence-electron chi connectivity index (χ0n) is 13.4. The average molecular weight is 350 g/mol. The van der Waals surface area contributed by atoms with Crippen LogP contribution in [0.4, 0.5) is 0 Å². The van der Waals surface area contributed by atoms with Crippen LogP contribution in [-0.2, 0) is 4.57 Å². The second-order valence-electron chi connectivity index (χ2n) is 5.80. The molecule has 0 heterocycles. The number of hydrogen-bond acceptors (Lipinski definition) is 3. The van der Waals surface area contributed by atoms with Gasteiger partial charge in [0.2, 0.25) is 11.1 Å². The Labute approximate surface area is 142 Å². The maximum atomic E-state index is 12.9. The Morgan fingerprint density at radius 1 is 1.09 bits per heavy atom. The number of carbonyl (C=O) groups excluding carboxylic acids is 1. The van der Waals surface area contributed by atoms with E-state index in [0.29, 0.717) is 28.3 Å². The second-order valence-corrected chi connectivity index (χ2v) is 8.38. The molecule has 120 valence electrons. The molecule has 3 nitrogen and oxygen atoms in total. The average Bonchev–Trinajstić information content (AvgIpc) is 2.52. The van der Waals surface area contributed by atoms with Crippen LogP contribution < -0.4 is 10.0 Å². The first-order valence-electron chi connectivity index (χ1n) is 7.24. The smallest absolute Gasteiger partial charge is 0.379 e. The van der Waals surface area contributed by atoms with Crippen LogP contribution in [-0.4, -0.2) is 23.9 Å². The lowest BCUT2D eigenvalue weighted by Crippen LogP contribution is -2.20. The van der Waals surface area contributed by atoms with Crippen LogP contribution in [0.2, 0.25) is 0 Å². The van der Waals surface area contributed by atoms with E-state index in [1.807, 2.05) is 13.8 Å². The lowest BCUT2D eigenvalue weighted by molar-refractivity contribution is 0.103. The number of hydrogen-bond donors (Lipinski definition) is 0. The van der Waals surface area contributed by atoms with Gasteiger partial charge in [0.25, 0.3) is 0 Å². The lowest BCUT2D eigenvalue weighted by Gasteiger charge is -2.10. The maximum Gasteiger partial charge on any atom is 0.379 e. The lowest BCUT2D eigenvalue weighted by atomic mass is 10.0. The number of para-hydroxylation sites is 1. The first kappa shape index (κ1) is 17.7. The van der Waals surface area contributed by atoms with Crippen LogP contribution in [0.1, 0.15) is 29.8 Å². The molecule has 2 rings (SSSR count). The van der Waals surface area contributed by atoms with Gasteiger partial charge in [-0.05, 0) is 38.1 Å². The molecule has 1 atom stereocenters. The van der Waals surface area contributed by atoms with E-state index in [-0.39, 0.29) is 5.78 Å². The number of methoxy groups -OCH3 is 1. The molecule has 2 aromatic rings. The van der Waals surface area contributed by atoms with Crippen LogP contribution in [0.25, 0.3) is 0 Å². The van der Waals surface area contributed by atoms with Crippen molar-refractivity contribution in [2.75, 3.05) is 13.3 Å². The van der Waals surface area contributed by atoms with Gasteiger partial charge in [-0.15, -0.1) is 11.6 Å². The highest BCUT2D eigenvalue weighted by atomic mass is 35.5. The highest BCUT2D eigenvalue weighted by Crippen LogP contribution is 2.32. The van der Waals surface area contributed by atoms with Gasteiger partial charge in [0.05, 0.1) is 23.1 Å². The monoisotopic (exact) mass is 349 g/mol. The van der Waals surface area contributed by atoms with Crippen molar-refractivity contribution in [3.05, 3.63) is 59.7 Å². The molecule has 1 unspecified atom stereocenters. The molecule has 0 spiro atoms. The van der Waals surface area contributed by atoms with Crippen molar-refractivity contribution >= 4 is 30.5 Å². The van der Waals surface area contributed by atoms with E-state index in [1.54, 1.807) is 48.5 Å². The second kappa shape index (κ2) is 7.25. The Morgan fingerprint density at radius 3 is 2.26 bits per heavy atom. The summed E-state index contributed by atoms with van der Waals surface area (Å²) in [5.41, 5.74) is 0.884. The van der Waals surface area contributed by atoms with Crippen molar-refractivity contribution in [2.45, 2.75) is 18.7 Å². The van der Waals surface area contributed by atoms with Gasteiger partial charge in [-0.2, -0.15) is 0 Å². The summed E-state index contributed by atoms with van der Waals surface area (Å²) in [5, 5.41) is 0.534. The molecular weight excluding hydrogens is 331 g/mol. The fraction of sp³-hybridized carbons (Fsp3) is 0.278. The summed E-state index contributed by atoms with van der Waals surface area (Å²) in [6.45, 7) is 3.62. The van der Waals surface area contributed by atoms with E-state index in [1.165, 1.54) is 7.11 Å². The highest BCUT2D eigenvalue weighted by Gasteiger charge is 2.33. The number of carbonyl (C=O) groups is 1.